The number of halogens is 3. The van der Waals surface area contributed by atoms with Gasteiger partial charge in [0.25, 0.3) is 5.89 Å². The second kappa shape index (κ2) is 9.91. The number of aliphatic imine (C=N–C) groups is 1. The largest absolute Gasteiger partial charge is 0.417 e. The second-order valence-corrected chi connectivity index (χ2v) is 9.51. The topological polar surface area (TPSA) is 93.3 Å². The van der Waals surface area contributed by atoms with Gasteiger partial charge in [0.1, 0.15) is 5.69 Å². The summed E-state index contributed by atoms with van der Waals surface area (Å²) in [7, 11) is 0. The summed E-state index contributed by atoms with van der Waals surface area (Å²) in [4.78, 5) is 21.9. The first-order chi connectivity index (χ1) is 18.9. The average molecular weight is 546 g/mol. The number of thiophene rings is 1. The van der Waals surface area contributed by atoms with Gasteiger partial charge in [-0.3, -0.25) is 9.79 Å². The van der Waals surface area contributed by atoms with Crippen molar-refractivity contribution in [3.05, 3.63) is 106 Å². The van der Waals surface area contributed by atoms with E-state index >= 15 is 0 Å². The molecule has 0 spiro atoms. The highest BCUT2D eigenvalue weighted by molar-refractivity contribution is 7.08. The maximum absolute atomic E-state index is 13.4. The van der Waals surface area contributed by atoms with Gasteiger partial charge in [-0.2, -0.15) is 24.5 Å². The first kappa shape index (κ1) is 24.7. The molecule has 194 valence electrons. The predicted octanol–water partition coefficient (Wildman–Crippen LogP) is 6.28. The van der Waals surface area contributed by atoms with Crippen LogP contribution in [0.5, 0.6) is 0 Å². The van der Waals surface area contributed by atoms with Gasteiger partial charge >= 0.3 is 12.2 Å². The summed E-state index contributed by atoms with van der Waals surface area (Å²) in [5.41, 5.74) is 3.11. The van der Waals surface area contributed by atoms with E-state index in [2.05, 4.69) is 20.5 Å². The van der Waals surface area contributed by atoms with E-state index in [1.165, 1.54) is 11.3 Å². The number of rotatable bonds is 5. The number of ketones is 1. The number of fused-ring (bicyclic) bond motifs is 1. The molecule has 4 heterocycles. The molecule has 0 fully saturated rings. The minimum Gasteiger partial charge on any atom is -0.402 e. The molecule has 3 aromatic heterocycles. The fourth-order valence-electron chi connectivity index (χ4n) is 4.32. The monoisotopic (exact) mass is 545 g/mol. The van der Waals surface area contributed by atoms with E-state index in [9.17, 15) is 18.0 Å². The molecule has 5 aromatic rings. The number of pyridine rings is 1. The van der Waals surface area contributed by atoms with Crippen LogP contribution >= 0.6 is 11.3 Å². The van der Waals surface area contributed by atoms with Gasteiger partial charge < -0.3 is 9.73 Å². The summed E-state index contributed by atoms with van der Waals surface area (Å²) < 4.78 is 45.9. The molecule has 0 bridgehead atoms. The fraction of sp³-hybridized carbons (Fsp3) is 0.107. The zero-order valence-electron chi connectivity index (χ0n) is 20.0. The summed E-state index contributed by atoms with van der Waals surface area (Å²) in [5, 5.41) is 14.3. The molecule has 1 aliphatic rings. The van der Waals surface area contributed by atoms with Crippen LogP contribution in [0.4, 0.5) is 19.2 Å². The minimum absolute atomic E-state index is 0.0926. The molecule has 11 heteroatoms. The number of carbonyl (C=O) groups excluding carboxylic acids is 1. The lowest BCUT2D eigenvalue weighted by Crippen LogP contribution is -2.29. The number of benzene rings is 2. The highest BCUT2D eigenvalue weighted by Gasteiger charge is 2.33. The lowest BCUT2D eigenvalue weighted by molar-refractivity contribution is -0.137. The highest BCUT2D eigenvalue weighted by atomic mass is 32.1. The van der Waals surface area contributed by atoms with Crippen molar-refractivity contribution in [2.75, 3.05) is 5.32 Å². The van der Waals surface area contributed by atoms with Crippen molar-refractivity contribution < 1.29 is 22.4 Å². The van der Waals surface area contributed by atoms with Gasteiger partial charge in [-0.1, -0.05) is 59.7 Å². The van der Waals surface area contributed by atoms with Crippen LogP contribution in [0, 0.1) is 0 Å². The Hall–Kier alpha value is -4.64. The quantitative estimate of drug-likeness (QED) is 0.279. The van der Waals surface area contributed by atoms with Gasteiger partial charge in [0.2, 0.25) is 0 Å². The standard InChI is InChI=1S/C28H18F3N5O2S/c29-28(30,31)19-13-21(18-10-11-39-15-18)24(32-14-19)26-35-36-27(38-26)34-25-22(37)12-17-8-4-5-9-20(17)23(33-25)16-6-2-1-3-7-16/h1-11,13-15,25H,12H2,(H,34,36)/t25-/m1/s1. The van der Waals surface area contributed by atoms with Crippen LogP contribution < -0.4 is 5.32 Å². The first-order valence-corrected chi connectivity index (χ1v) is 12.8. The summed E-state index contributed by atoms with van der Waals surface area (Å²) in [6.45, 7) is 0. The summed E-state index contributed by atoms with van der Waals surface area (Å²) in [6, 6.07) is 19.7. The van der Waals surface area contributed by atoms with Crippen molar-refractivity contribution in [1.82, 2.24) is 15.2 Å². The normalized spacial score (nSPS) is 15.4. The number of aromatic nitrogens is 3. The Kier molecular flexibility index (Phi) is 6.27. The van der Waals surface area contributed by atoms with Crippen LogP contribution in [0.25, 0.3) is 22.7 Å². The number of alkyl halides is 3. The van der Waals surface area contributed by atoms with Crippen molar-refractivity contribution in [2.45, 2.75) is 18.8 Å². The predicted molar refractivity (Wildman–Crippen MR) is 140 cm³/mol. The molecule has 1 aliphatic heterocycles. The zero-order valence-corrected chi connectivity index (χ0v) is 20.8. The van der Waals surface area contributed by atoms with Gasteiger partial charge in [0, 0.05) is 29.3 Å². The van der Waals surface area contributed by atoms with E-state index in [0.717, 1.165) is 29.0 Å². The first-order valence-electron chi connectivity index (χ1n) is 11.8. The molecule has 1 N–H and O–H groups in total. The third-order valence-corrected chi connectivity index (χ3v) is 6.87. The van der Waals surface area contributed by atoms with Gasteiger partial charge in [-0.15, -0.1) is 5.10 Å². The maximum Gasteiger partial charge on any atom is 0.417 e. The summed E-state index contributed by atoms with van der Waals surface area (Å²) >= 11 is 1.34. The molecule has 0 saturated carbocycles. The van der Waals surface area contributed by atoms with E-state index < -0.39 is 17.9 Å². The number of Topliss-reactive ketones (excluding diaryl/α,β-unsaturated/α-hetero) is 1. The Morgan fingerprint density at radius 3 is 2.51 bits per heavy atom. The number of nitrogens with zero attached hydrogens (tertiary/aromatic N) is 4. The highest BCUT2D eigenvalue weighted by Crippen LogP contribution is 2.37. The van der Waals surface area contributed by atoms with Crippen LogP contribution in [0.15, 0.2) is 93.1 Å². The molecule has 0 unspecified atom stereocenters. The third kappa shape index (κ3) is 4.96. The molecule has 0 aliphatic carbocycles. The van der Waals surface area contributed by atoms with Crippen molar-refractivity contribution in [3.8, 4) is 22.7 Å². The molecular weight excluding hydrogens is 527 g/mol. The fourth-order valence-corrected chi connectivity index (χ4v) is 4.98. The van der Waals surface area contributed by atoms with Crippen LogP contribution in [0.2, 0.25) is 0 Å². The molecular formula is C28H18F3N5O2S. The Bertz CT molecular complexity index is 1680. The number of carbonyl (C=O) groups is 1. The molecule has 1 atom stereocenters. The molecule has 2 aromatic carbocycles. The SMILES string of the molecule is O=C1Cc2ccccc2C(c2ccccc2)=N[C@@H]1Nc1nnc(-c2ncc(C(F)(F)F)cc2-c2ccsc2)o1. The van der Waals surface area contributed by atoms with Crippen molar-refractivity contribution >= 4 is 28.8 Å². The van der Waals surface area contributed by atoms with E-state index in [-0.39, 0.29) is 35.4 Å². The molecule has 0 saturated heterocycles. The van der Waals surface area contributed by atoms with Crippen LogP contribution in [-0.4, -0.2) is 32.8 Å². The Balaban J connectivity index is 1.36. The number of nitrogens with one attached hydrogen (secondary N) is 1. The van der Waals surface area contributed by atoms with Crippen LogP contribution in [-0.2, 0) is 17.4 Å². The molecule has 39 heavy (non-hydrogen) atoms. The number of hydrogen-bond donors (Lipinski definition) is 1. The van der Waals surface area contributed by atoms with E-state index in [4.69, 9.17) is 9.41 Å². The molecule has 7 nitrogen and oxygen atoms in total. The van der Waals surface area contributed by atoms with Crippen LogP contribution in [0.1, 0.15) is 22.3 Å². The smallest absolute Gasteiger partial charge is 0.402 e. The van der Waals surface area contributed by atoms with E-state index in [0.29, 0.717) is 11.3 Å². The van der Waals surface area contributed by atoms with Crippen molar-refractivity contribution in [3.63, 3.8) is 0 Å². The van der Waals surface area contributed by atoms with Crippen molar-refractivity contribution in [2.24, 2.45) is 4.99 Å². The van der Waals surface area contributed by atoms with Crippen molar-refractivity contribution in [1.29, 1.82) is 0 Å². The van der Waals surface area contributed by atoms with Gasteiger partial charge in [0.15, 0.2) is 11.9 Å². The Morgan fingerprint density at radius 2 is 1.74 bits per heavy atom. The van der Waals surface area contributed by atoms with Gasteiger partial charge in [0.05, 0.1) is 11.3 Å². The summed E-state index contributed by atoms with van der Waals surface area (Å²) in [6.07, 6.45) is -4.73. The minimum atomic E-state index is -4.57. The Morgan fingerprint density at radius 1 is 0.949 bits per heavy atom. The Labute approximate surface area is 224 Å². The lowest BCUT2D eigenvalue weighted by atomic mass is 9.96. The van der Waals surface area contributed by atoms with E-state index in [1.54, 1.807) is 16.8 Å². The maximum atomic E-state index is 13.4. The number of anilines is 1. The van der Waals surface area contributed by atoms with E-state index in [1.807, 2.05) is 54.6 Å². The van der Waals surface area contributed by atoms with Crippen LogP contribution in [0.3, 0.4) is 0 Å². The zero-order chi connectivity index (χ0) is 27.0. The lowest BCUT2D eigenvalue weighted by Gasteiger charge is -2.12. The molecule has 0 amide bonds. The molecule has 0 radical (unpaired) electrons. The number of hydrogen-bond acceptors (Lipinski definition) is 8. The van der Waals surface area contributed by atoms with Gasteiger partial charge in [-0.25, -0.2) is 4.98 Å². The third-order valence-electron chi connectivity index (χ3n) is 6.18. The average Bonchev–Trinajstić information content (AvgIpc) is 3.61. The molecule has 6 rings (SSSR count). The second-order valence-electron chi connectivity index (χ2n) is 8.73. The van der Waals surface area contributed by atoms with Gasteiger partial charge in [-0.05, 0) is 34.0 Å². The summed E-state index contributed by atoms with van der Waals surface area (Å²) in [5.74, 6) is -0.302.